The Morgan fingerprint density at radius 1 is 1.33 bits per heavy atom. The lowest BCUT2D eigenvalue weighted by Crippen LogP contribution is -2.51. The van der Waals surface area contributed by atoms with Gasteiger partial charge in [0.25, 0.3) is 5.69 Å². The Bertz CT molecular complexity index is 512. The number of piperidine rings is 1. The molecular weight excluding hydrogens is 268 g/mol. The van der Waals surface area contributed by atoms with E-state index in [4.69, 9.17) is 4.74 Å². The summed E-state index contributed by atoms with van der Waals surface area (Å²) in [6.07, 6.45) is 5.36. The summed E-state index contributed by atoms with van der Waals surface area (Å²) in [5.74, 6) is 0.669. The number of nitro benzene ring substituents is 1. The second kappa shape index (κ2) is 6.33. The molecule has 5 heteroatoms. The number of anilines is 1. The minimum absolute atomic E-state index is 0.0232. The molecule has 1 aromatic rings. The van der Waals surface area contributed by atoms with Crippen LogP contribution in [0.15, 0.2) is 18.2 Å². The van der Waals surface area contributed by atoms with Gasteiger partial charge in [-0.15, -0.1) is 0 Å². The molecule has 1 fully saturated rings. The van der Waals surface area contributed by atoms with Crippen molar-refractivity contribution in [2.45, 2.75) is 51.5 Å². The number of methoxy groups -OCH3 is 1. The molecule has 21 heavy (non-hydrogen) atoms. The average Bonchev–Trinajstić information content (AvgIpc) is 2.53. The average molecular weight is 292 g/mol. The van der Waals surface area contributed by atoms with Gasteiger partial charge in [-0.3, -0.25) is 10.1 Å². The van der Waals surface area contributed by atoms with Gasteiger partial charge in [0.2, 0.25) is 0 Å². The summed E-state index contributed by atoms with van der Waals surface area (Å²) in [6, 6.07) is 5.02. The molecule has 5 nitrogen and oxygen atoms in total. The fourth-order valence-electron chi connectivity index (χ4n) is 3.46. The molecule has 1 aliphatic rings. The van der Waals surface area contributed by atoms with Gasteiger partial charge in [0.15, 0.2) is 0 Å². The van der Waals surface area contributed by atoms with Crippen molar-refractivity contribution in [3.63, 3.8) is 0 Å². The highest BCUT2D eigenvalue weighted by Gasteiger charge is 2.38. The van der Waals surface area contributed by atoms with Crippen LogP contribution in [0.2, 0.25) is 0 Å². The van der Waals surface area contributed by atoms with Crippen molar-refractivity contribution >= 4 is 11.4 Å². The first kappa shape index (κ1) is 15.6. The highest BCUT2D eigenvalue weighted by atomic mass is 16.6. The predicted molar refractivity (Wildman–Crippen MR) is 84.2 cm³/mol. The fourth-order valence-corrected chi connectivity index (χ4v) is 3.46. The van der Waals surface area contributed by atoms with Gasteiger partial charge >= 0.3 is 0 Å². The monoisotopic (exact) mass is 292 g/mol. The van der Waals surface area contributed by atoms with Gasteiger partial charge < -0.3 is 9.64 Å². The Kier molecular flexibility index (Phi) is 4.70. The maximum atomic E-state index is 11.4. The summed E-state index contributed by atoms with van der Waals surface area (Å²) < 4.78 is 5.27. The molecule has 0 spiro atoms. The molecule has 0 bridgehead atoms. The Labute approximate surface area is 126 Å². The normalized spacial score (nSPS) is 17.6. The highest BCUT2D eigenvalue weighted by molar-refractivity contribution is 5.67. The Morgan fingerprint density at radius 2 is 2.05 bits per heavy atom. The maximum absolute atomic E-state index is 11.4. The molecule has 0 unspecified atom stereocenters. The molecule has 1 saturated heterocycles. The van der Waals surface area contributed by atoms with Gasteiger partial charge in [-0.2, -0.15) is 0 Å². The first-order chi connectivity index (χ1) is 10.1. The minimum atomic E-state index is -0.292. The largest absolute Gasteiger partial charge is 0.497 e. The van der Waals surface area contributed by atoms with E-state index < -0.39 is 0 Å². The highest BCUT2D eigenvalue weighted by Crippen LogP contribution is 2.42. The van der Waals surface area contributed by atoms with Crippen molar-refractivity contribution in [3.05, 3.63) is 28.3 Å². The molecule has 0 amide bonds. The standard InChI is InChI=1S/C16H24N2O3/c1-4-16(5-2)10-6-7-11-17(16)15-12-13(21-3)8-9-14(15)18(19)20/h8-9,12H,4-7,10-11H2,1-3H3. The van der Waals surface area contributed by atoms with E-state index in [0.717, 1.165) is 32.2 Å². The number of nitro groups is 1. The van der Waals surface area contributed by atoms with Crippen molar-refractivity contribution in [1.29, 1.82) is 0 Å². The van der Waals surface area contributed by atoms with Gasteiger partial charge in [0.05, 0.1) is 12.0 Å². The van der Waals surface area contributed by atoms with Crippen LogP contribution < -0.4 is 9.64 Å². The second-order valence-electron chi connectivity index (χ2n) is 5.65. The van der Waals surface area contributed by atoms with E-state index in [0.29, 0.717) is 11.4 Å². The summed E-state index contributed by atoms with van der Waals surface area (Å²) in [7, 11) is 1.59. The van der Waals surface area contributed by atoms with Gasteiger partial charge in [-0.05, 0) is 38.2 Å². The van der Waals surface area contributed by atoms with E-state index in [-0.39, 0.29) is 16.1 Å². The number of hydrogen-bond donors (Lipinski definition) is 0. The van der Waals surface area contributed by atoms with Crippen molar-refractivity contribution in [3.8, 4) is 5.75 Å². The molecule has 1 heterocycles. The number of rotatable bonds is 5. The van der Waals surface area contributed by atoms with Crippen molar-refractivity contribution < 1.29 is 9.66 Å². The molecule has 0 N–H and O–H groups in total. The van der Waals surface area contributed by atoms with Crippen LogP contribution in [0.1, 0.15) is 46.0 Å². The summed E-state index contributed by atoms with van der Waals surface area (Å²) in [6.45, 7) is 5.22. The molecule has 0 saturated carbocycles. The third-order valence-corrected chi connectivity index (χ3v) is 4.83. The number of benzene rings is 1. The molecular formula is C16H24N2O3. The lowest BCUT2D eigenvalue weighted by atomic mass is 9.81. The van der Waals surface area contributed by atoms with Crippen molar-refractivity contribution in [2.24, 2.45) is 0 Å². The Morgan fingerprint density at radius 3 is 2.62 bits per heavy atom. The zero-order valence-electron chi connectivity index (χ0n) is 13.1. The topological polar surface area (TPSA) is 55.6 Å². The molecule has 0 aromatic heterocycles. The summed E-state index contributed by atoms with van der Waals surface area (Å²) in [4.78, 5) is 13.3. The van der Waals surface area contributed by atoms with Crippen LogP contribution >= 0.6 is 0 Å². The van der Waals surface area contributed by atoms with Crippen LogP contribution in [-0.4, -0.2) is 24.1 Å². The number of hydrogen-bond acceptors (Lipinski definition) is 4. The van der Waals surface area contributed by atoms with Crippen LogP contribution in [0.3, 0.4) is 0 Å². The minimum Gasteiger partial charge on any atom is -0.497 e. The van der Waals surface area contributed by atoms with Crippen LogP contribution in [0.25, 0.3) is 0 Å². The van der Waals surface area contributed by atoms with E-state index >= 15 is 0 Å². The molecule has 0 atom stereocenters. The Hall–Kier alpha value is -1.78. The maximum Gasteiger partial charge on any atom is 0.292 e. The lowest BCUT2D eigenvalue weighted by Gasteiger charge is -2.48. The van der Waals surface area contributed by atoms with Gasteiger partial charge in [-0.1, -0.05) is 13.8 Å². The first-order valence-corrected chi connectivity index (χ1v) is 7.68. The molecule has 0 aliphatic carbocycles. The van der Waals surface area contributed by atoms with E-state index in [9.17, 15) is 10.1 Å². The van der Waals surface area contributed by atoms with Crippen molar-refractivity contribution in [1.82, 2.24) is 0 Å². The smallest absolute Gasteiger partial charge is 0.292 e. The molecule has 1 aliphatic heterocycles. The molecule has 116 valence electrons. The number of ether oxygens (including phenoxy) is 1. The second-order valence-corrected chi connectivity index (χ2v) is 5.65. The van der Waals surface area contributed by atoms with Gasteiger partial charge in [-0.25, -0.2) is 0 Å². The summed E-state index contributed by atoms with van der Waals surface area (Å²) >= 11 is 0. The van der Waals surface area contributed by atoms with Crippen LogP contribution in [0.5, 0.6) is 5.75 Å². The zero-order chi connectivity index (χ0) is 15.5. The van der Waals surface area contributed by atoms with Crippen LogP contribution in [-0.2, 0) is 0 Å². The van der Waals surface area contributed by atoms with Crippen molar-refractivity contribution in [2.75, 3.05) is 18.6 Å². The van der Waals surface area contributed by atoms with E-state index in [1.807, 2.05) is 6.07 Å². The van der Waals surface area contributed by atoms with Gasteiger partial charge in [0, 0.05) is 24.2 Å². The molecule has 2 rings (SSSR count). The van der Waals surface area contributed by atoms with Crippen LogP contribution in [0, 0.1) is 10.1 Å². The fraction of sp³-hybridized carbons (Fsp3) is 0.625. The van der Waals surface area contributed by atoms with E-state index in [1.54, 1.807) is 19.2 Å². The van der Waals surface area contributed by atoms with Gasteiger partial charge in [0.1, 0.15) is 11.4 Å². The van der Waals surface area contributed by atoms with Crippen LogP contribution in [0.4, 0.5) is 11.4 Å². The number of nitrogens with zero attached hydrogens (tertiary/aromatic N) is 2. The summed E-state index contributed by atoms with van der Waals surface area (Å²) in [5.41, 5.74) is 0.891. The third-order valence-electron chi connectivity index (χ3n) is 4.83. The zero-order valence-corrected chi connectivity index (χ0v) is 13.1. The van der Waals surface area contributed by atoms with E-state index in [2.05, 4.69) is 18.7 Å². The quantitative estimate of drug-likeness (QED) is 0.604. The van der Waals surface area contributed by atoms with E-state index in [1.165, 1.54) is 6.42 Å². The summed E-state index contributed by atoms with van der Waals surface area (Å²) in [5, 5.41) is 11.4. The third kappa shape index (κ3) is 2.82. The molecule has 1 aromatic carbocycles. The SMILES string of the molecule is CCC1(CC)CCCCN1c1cc(OC)ccc1[N+](=O)[O-]. The molecule has 0 radical (unpaired) electrons. The lowest BCUT2D eigenvalue weighted by molar-refractivity contribution is -0.384. The Balaban J connectivity index is 2.53. The predicted octanol–water partition coefficient (Wildman–Crippen LogP) is 4.15. The first-order valence-electron chi connectivity index (χ1n) is 7.68.